The van der Waals surface area contributed by atoms with Crippen LogP contribution in [0.25, 0.3) is 0 Å². The van der Waals surface area contributed by atoms with E-state index in [9.17, 15) is 74.9 Å². The number of hydrogen-bond donors (Lipinski definition) is 0. The molecule has 8 heterocycles. The number of esters is 3. The summed E-state index contributed by atoms with van der Waals surface area (Å²) in [4.78, 5) is 66.5. The van der Waals surface area contributed by atoms with E-state index >= 15 is 13.2 Å². The predicted molar refractivity (Wildman–Crippen MR) is 488 cm³/mol. The van der Waals surface area contributed by atoms with Crippen LogP contribution in [0.3, 0.4) is 0 Å². The molecule has 0 aromatic carbocycles. The molecule has 0 amide bonds. The summed E-state index contributed by atoms with van der Waals surface area (Å²) in [5.74, 6) is -15.3. The van der Waals surface area contributed by atoms with Crippen LogP contribution in [0, 0.1) is 17.5 Å². The largest absolute Gasteiger partial charge is 0.523 e. The van der Waals surface area contributed by atoms with E-state index in [0.717, 1.165) is 36.3 Å². The maximum Gasteiger partial charge on any atom is 0.523 e. The maximum absolute atomic E-state index is 16.7. The Morgan fingerprint density at radius 2 is 0.760 bits per heavy atom. The first-order chi connectivity index (χ1) is 56.5. The van der Waals surface area contributed by atoms with Crippen LogP contribution < -0.4 is 15.6 Å². The van der Waals surface area contributed by atoms with Crippen molar-refractivity contribution in [3.05, 3.63) is 66.5 Å². The minimum Gasteiger partial charge on any atom is -0.460 e. The van der Waals surface area contributed by atoms with Crippen molar-refractivity contribution in [2.45, 2.75) is 355 Å². The smallest absolute Gasteiger partial charge is 0.460 e. The lowest BCUT2D eigenvalue weighted by Crippen LogP contribution is -2.61. The lowest BCUT2D eigenvalue weighted by molar-refractivity contribution is -0.154. The Kier molecular flexibility index (Phi) is 33.4. The quantitative estimate of drug-likeness (QED) is 0.0137. The molecule has 0 saturated heterocycles. The second kappa shape index (κ2) is 38.1. The zero-order valence-corrected chi connectivity index (χ0v) is 87.6. The van der Waals surface area contributed by atoms with Gasteiger partial charge in [0.15, 0.2) is 0 Å². The van der Waals surface area contributed by atoms with E-state index in [2.05, 4.69) is 80.0 Å². The van der Waals surface area contributed by atoms with Gasteiger partial charge in [0.2, 0.25) is 0 Å². The van der Waals surface area contributed by atoms with Crippen molar-refractivity contribution in [2.75, 3.05) is 32.0 Å². The van der Waals surface area contributed by atoms with Gasteiger partial charge in [-0.2, -0.15) is 21.6 Å². The van der Waals surface area contributed by atoms with Crippen LogP contribution in [0.15, 0.2) is 60.1 Å². The van der Waals surface area contributed by atoms with Gasteiger partial charge in [0.25, 0.3) is 17.8 Å². The highest BCUT2D eigenvalue weighted by atomic mass is 79.9. The summed E-state index contributed by atoms with van der Waals surface area (Å²) in [6.45, 7) is 41.1. The molecule has 0 N–H and O–H groups in total. The third kappa shape index (κ3) is 22.7. The van der Waals surface area contributed by atoms with Crippen molar-refractivity contribution in [1.82, 2.24) is 15.0 Å². The van der Waals surface area contributed by atoms with Gasteiger partial charge in [-0.15, -0.1) is 0 Å². The average molecular weight is 2110 g/mol. The van der Waals surface area contributed by atoms with Crippen molar-refractivity contribution in [1.29, 1.82) is 0 Å². The monoisotopic (exact) mass is 2100 g/mol. The average Bonchev–Trinajstić information content (AvgIpc) is 0.695. The number of fused-ring (bicyclic) bond motifs is 2. The predicted octanol–water partition coefficient (Wildman–Crippen LogP) is 20.4. The number of halogens is 15. The van der Waals surface area contributed by atoms with Crippen molar-refractivity contribution < 1.29 is 107 Å². The Hall–Kier alpha value is -4.12. The van der Waals surface area contributed by atoms with Crippen LogP contribution in [0.1, 0.15) is 236 Å². The first-order valence-corrected chi connectivity index (χ1v) is 58.2. The standard InChI is InChI=1S/C28H42BrF6N3O6S2Si.2C27H41BrF3N3O3SSi/c1-10-47(11-2,12-3)18-13-20(29)37-23(22(18)30)26(9)17-45(40,25(7,8)19(38-26)14-21(39)44-24(4,5)6)36-15-27(31,32)16-43-46(41,42)28(33,34)35;2*1-10-39(11-2,12-3)17-13-20(28)33-23(22(17)29)26(9)19-15-27(30,31)16-32-38(19,36)25(7,8)18(34-26)14-21(35)37-24(4,5)6/h13H,10-12,14-17H2,1-9H3;2*13,19H,10-12,14-16H2,1-9H3/t26-,45+;19-,26+,38-;19-,26-,38+/m010/s1. The summed E-state index contributed by atoms with van der Waals surface area (Å²) in [7, 11) is -24.3. The number of rotatable bonds is 26. The molecule has 0 aliphatic carbocycles. The van der Waals surface area contributed by atoms with Crippen LogP contribution in [0.2, 0.25) is 54.4 Å². The summed E-state index contributed by atoms with van der Waals surface area (Å²) in [6, 6.07) is 11.8. The Balaban J connectivity index is 0.000000291. The van der Waals surface area contributed by atoms with E-state index in [1.165, 1.54) is 34.6 Å². The van der Waals surface area contributed by atoms with Gasteiger partial charge in [-0.25, -0.2) is 80.2 Å². The zero-order chi connectivity index (χ0) is 96.3. The summed E-state index contributed by atoms with van der Waals surface area (Å²) >= 11 is 10.2. The molecular formula is C82H124Br3F12N9O12S4Si3. The topological polar surface area (TPSA) is 286 Å². The molecule has 5 aliphatic rings. The van der Waals surface area contributed by atoms with E-state index in [1.807, 2.05) is 62.3 Å². The van der Waals surface area contributed by atoms with E-state index < -0.39 is 232 Å². The molecule has 0 bridgehead atoms. The second-order valence-electron chi connectivity index (χ2n) is 38.0. The molecule has 3 aromatic heterocycles. The van der Waals surface area contributed by atoms with Crippen LogP contribution in [-0.4, -0.2) is 192 Å². The number of pyridine rings is 3. The molecule has 3 aromatic rings. The van der Waals surface area contributed by atoms with Crippen LogP contribution in [0.4, 0.5) is 52.7 Å². The van der Waals surface area contributed by atoms with Gasteiger partial charge in [0.1, 0.15) is 108 Å². The van der Waals surface area contributed by atoms with Crippen molar-refractivity contribution in [3.8, 4) is 0 Å². The fraction of sp³-hybridized carbons (Fsp3) is 0.744. The Morgan fingerprint density at radius 1 is 0.480 bits per heavy atom. The lowest BCUT2D eigenvalue weighted by atomic mass is 9.87. The first-order valence-electron chi connectivity index (χ1n) is 41.7. The van der Waals surface area contributed by atoms with Crippen LogP contribution >= 0.6 is 47.8 Å². The normalized spacial score (nSPS) is 26.1. The van der Waals surface area contributed by atoms with E-state index in [4.69, 9.17) is 29.2 Å². The van der Waals surface area contributed by atoms with Gasteiger partial charge < -0.3 is 14.2 Å². The molecule has 0 fully saturated rings. The third-order valence-corrected chi connectivity index (χ3v) is 54.8. The van der Waals surface area contributed by atoms with E-state index in [-0.39, 0.29) is 51.7 Å². The van der Waals surface area contributed by atoms with Gasteiger partial charge in [-0.1, -0.05) is 117 Å². The number of aromatic nitrogens is 3. The van der Waals surface area contributed by atoms with E-state index in [0.29, 0.717) is 42.9 Å². The second-order valence-corrected chi connectivity index (χ2v) is 66.5. The van der Waals surface area contributed by atoms with Gasteiger partial charge >= 0.3 is 33.5 Å². The Bertz CT molecular complexity index is 5000. The molecule has 0 radical (unpaired) electrons. The Morgan fingerprint density at radius 3 is 1.04 bits per heavy atom. The number of hydrogen-bond acceptors (Lipinski definition) is 21. The van der Waals surface area contributed by atoms with Gasteiger partial charge in [0.05, 0.1) is 103 Å². The molecular weight excluding hydrogens is 1980 g/mol. The van der Waals surface area contributed by atoms with Crippen molar-refractivity contribution in [3.63, 3.8) is 0 Å². The van der Waals surface area contributed by atoms with Crippen LogP contribution in [-0.2, 0) is 88.7 Å². The molecule has 8 atom stereocenters. The molecule has 0 unspecified atom stereocenters. The number of ether oxygens (including phenoxy) is 3. The number of nitrogens with zero attached hydrogens (tertiary/aromatic N) is 9. The van der Waals surface area contributed by atoms with E-state index in [1.54, 1.807) is 108 Å². The number of carbonyl (C=O) groups is 3. The lowest BCUT2D eigenvalue weighted by Gasteiger charge is -2.50. The van der Waals surface area contributed by atoms with Crippen LogP contribution in [0.5, 0.6) is 0 Å². The summed E-state index contributed by atoms with van der Waals surface area (Å²) < 4.78 is 272. The third-order valence-electron chi connectivity index (χ3n) is 25.4. The SMILES string of the molecule is CC[Si](CC)(CC)c1cc(Br)nc([C@@]2(C)N=C(CC(=O)OC(C)(C)C)C(C)(C)[S@@]3(=O)=NCC(F)(F)C[C@@H]23)c1F.CC[Si](CC)(CC)c1cc(Br)nc([C@@]2(C)N=C(CC(=O)OC(C)(C)C)C(C)(C)[S@@]3(=O)=NCC(F)(F)C[C@H]23)c1F.CC[Si](CC)(CC)c1cc(Br)nc([C@]2(C)C[S@](=O)(=NCC(F)(F)COS(=O)(=O)C(F)(F)F)C(C)(C)C(CC(=O)OC(C)(C)C)=N2)c1F. The summed E-state index contributed by atoms with van der Waals surface area (Å²) in [5.41, 5.74) is -14.0. The molecule has 0 spiro atoms. The molecule has 21 nitrogen and oxygen atoms in total. The first kappa shape index (κ1) is 110. The highest BCUT2D eigenvalue weighted by Crippen LogP contribution is 2.54. The Labute approximate surface area is 759 Å². The minimum atomic E-state index is -6.35. The molecule has 5 aliphatic heterocycles. The van der Waals surface area contributed by atoms with Gasteiger partial charge in [-0.3, -0.25) is 33.5 Å². The summed E-state index contributed by atoms with van der Waals surface area (Å²) in [5, 5.41) is -1.11. The van der Waals surface area contributed by atoms with Gasteiger partial charge in [0, 0.05) is 30.0 Å². The molecule has 710 valence electrons. The highest BCUT2D eigenvalue weighted by molar-refractivity contribution is 9.11. The highest BCUT2D eigenvalue weighted by Gasteiger charge is 2.64. The van der Waals surface area contributed by atoms with Gasteiger partial charge in [-0.05, 0) is 206 Å². The fourth-order valence-corrected chi connectivity index (χ4v) is 39.7. The fourth-order valence-electron chi connectivity index (χ4n) is 17.2. The molecule has 43 heteroatoms. The van der Waals surface area contributed by atoms with Crippen molar-refractivity contribution in [2.24, 2.45) is 28.1 Å². The molecule has 0 saturated carbocycles. The zero-order valence-electron chi connectivity index (χ0n) is 76.5. The maximum atomic E-state index is 16.7. The molecule has 8 rings (SSSR count). The minimum absolute atomic E-state index is 0.110. The number of carbonyl (C=O) groups excluding carboxylic acids is 3. The van der Waals surface area contributed by atoms with Crippen molar-refractivity contribution >= 4 is 162 Å². The summed E-state index contributed by atoms with van der Waals surface area (Å²) in [6.07, 6.45) is -2.78. The number of alkyl halides is 9. The molecule has 125 heavy (non-hydrogen) atoms. The number of aliphatic imine (C=N–C) groups is 3.